The second kappa shape index (κ2) is 6.72. The zero-order chi connectivity index (χ0) is 18.4. The van der Waals surface area contributed by atoms with Crippen LogP contribution in [-0.4, -0.2) is 13.4 Å². The standard InChI is InChI=1S/C17H17ClN2O2S3/c1-9-5-6-13(18)7-14(9)20-25(21,22)16-8-15(23-12(16)4)17-19-10(2)11(3)24-17/h5-8,20H,1-4H3. The number of halogens is 1. The monoisotopic (exact) mass is 412 g/mol. The normalized spacial score (nSPS) is 11.7. The number of nitrogens with one attached hydrogen (secondary N) is 1. The second-order valence-corrected chi connectivity index (χ2v) is 10.3. The first-order valence-corrected chi connectivity index (χ1v) is 11.0. The lowest BCUT2D eigenvalue weighted by atomic mass is 10.2. The van der Waals surface area contributed by atoms with Gasteiger partial charge in [-0.05, 0) is 51.5 Å². The van der Waals surface area contributed by atoms with Crippen LogP contribution in [-0.2, 0) is 10.0 Å². The van der Waals surface area contributed by atoms with Crippen molar-refractivity contribution in [2.75, 3.05) is 4.72 Å². The number of aromatic nitrogens is 1. The molecule has 0 atom stereocenters. The SMILES string of the molecule is Cc1ccc(Cl)cc1NS(=O)(=O)c1cc(-c2nc(C)c(C)s2)sc1C. The first kappa shape index (κ1) is 18.4. The fourth-order valence-electron chi connectivity index (χ4n) is 2.32. The zero-order valence-corrected chi connectivity index (χ0v) is 17.4. The number of hydrogen-bond acceptors (Lipinski definition) is 5. The molecule has 0 unspecified atom stereocenters. The Kier molecular flexibility index (Phi) is 4.94. The van der Waals surface area contributed by atoms with Crippen LogP contribution in [0.5, 0.6) is 0 Å². The number of sulfonamides is 1. The lowest BCUT2D eigenvalue weighted by Crippen LogP contribution is -2.13. The molecule has 0 aliphatic rings. The molecule has 3 aromatic rings. The van der Waals surface area contributed by atoms with Gasteiger partial charge in [-0.1, -0.05) is 17.7 Å². The summed E-state index contributed by atoms with van der Waals surface area (Å²) in [5, 5.41) is 1.34. The molecule has 2 heterocycles. The highest BCUT2D eigenvalue weighted by atomic mass is 35.5. The van der Waals surface area contributed by atoms with Crippen LogP contribution >= 0.6 is 34.3 Å². The Morgan fingerprint density at radius 1 is 1.04 bits per heavy atom. The zero-order valence-electron chi connectivity index (χ0n) is 14.2. The van der Waals surface area contributed by atoms with Crippen LogP contribution in [0.25, 0.3) is 9.88 Å². The molecule has 0 bridgehead atoms. The Morgan fingerprint density at radius 2 is 1.76 bits per heavy atom. The number of thiazole rings is 1. The quantitative estimate of drug-likeness (QED) is 0.610. The van der Waals surface area contributed by atoms with Crippen LogP contribution < -0.4 is 4.72 Å². The van der Waals surface area contributed by atoms with Crippen molar-refractivity contribution in [1.82, 2.24) is 4.98 Å². The van der Waals surface area contributed by atoms with Gasteiger partial charge in [0.2, 0.25) is 0 Å². The molecule has 0 fully saturated rings. The minimum absolute atomic E-state index is 0.275. The van der Waals surface area contributed by atoms with Crippen LogP contribution in [0.4, 0.5) is 5.69 Å². The molecule has 3 rings (SSSR count). The Morgan fingerprint density at radius 3 is 2.40 bits per heavy atom. The average Bonchev–Trinajstić information content (AvgIpc) is 3.07. The Balaban J connectivity index is 1.99. The van der Waals surface area contributed by atoms with E-state index in [9.17, 15) is 8.42 Å². The van der Waals surface area contributed by atoms with Crippen molar-refractivity contribution in [3.8, 4) is 9.88 Å². The van der Waals surface area contributed by atoms with Crippen molar-refractivity contribution in [2.24, 2.45) is 0 Å². The summed E-state index contributed by atoms with van der Waals surface area (Å²) in [5.74, 6) is 0. The molecule has 1 N–H and O–H groups in total. The summed E-state index contributed by atoms with van der Waals surface area (Å²) >= 11 is 9.00. The van der Waals surface area contributed by atoms with Gasteiger partial charge >= 0.3 is 0 Å². The van der Waals surface area contributed by atoms with Gasteiger partial charge in [-0.25, -0.2) is 13.4 Å². The molecule has 1 aromatic carbocycles. The van der Waals surface area contributed by atoms with Gasteiger partial charge in [0.15, 0.2) is 0 Å². The highest BCUT2D eigenvalue weighted by Crippen LogP contribution is 2.37. The van der Waals surface area contributed by atoms with E-state index >= 15 is 0 Å². The summed E-state index contributed by atoms with van der Waals surface area (Å²) in [4.78, 5) is 7.53. The van der Waals surface area contributed by atoms with E-state index in [2.05, 4.69) is 9.71 Å². The van der Waals surface area contributed by atoms with Crippen molar-refractivity contribution in [3.63, 3.8) is 0 Å². The molecule has 0 saturated carbocycles. The molecular formula is C17H17ClN2O2S3. The number of rotatable bonds is 4. The summed E-state index contributed by atoms with van der Waals surface area (Å²) < 4.78 is 28.3. The highest BCUT2D eigenvalue weighted by molar-refractivity contribution is 7.93. The lowest BCUT2D eigenvalue weighted by molar-refractivity contribution is 0.601. The summed E-state index contributed by atoms with van der Waals surface area (Å²) in [6.07, 6.45) is 0. The van der Waals surface area contributed by atoms with Gasteiger partial charge in [0.1, 0.15) is 9.90 Å². The molecule has 8 heteroatoms. The van der Waals surface area contributed by atoms with Gasteiger partial charge in [0.25, 0.3) is 10.0 Å². The van der Waals surface area contributed by atoms with Crippen LogP contribution in [0.1, 0.15) is 21.0 Å². The predicted octanol–water partition coefficient (Wildman–Crippen LogP) is 5.56. The molecule has 0 spiro atoms. The first-order valence-electron chi connectivity index (χ1n) is 7.51. The molecule has 0 aliphatic carbocycles. The Labute approximate surface area is 160 Å². The van der Waals surface area contributed by atoms with Crippen molar-refractivity contribution < 1.29 is 8.42 Å². The summed E-state index contributed by atoms with van der Waals surface area (Å²) in [6, 6.07) is 6.83. The molecule has 0 saturated heterocycles. The third kappa shape index (κ3) is 3.74. The molecular weight excluding hydrogens is 396 g/mol. The average molecular weight is 413 g/mol. The fourth-order valence-corrected chi connectivity index (χ4v) is 6.17. The maximum Gasteiger partial charge on any atom is 0.263 e. The minimum Gasteiger partial charge on any atom is -0.279 e. The lowest BCUT2D eigenvalue weighted by Gasteiger charge is -2.10. The van der Waals surface area contributed by atoms with E-state index in [4.69, 9.17) is 11.6 Å². The van der Waals surface area contributed by atoms with E-state index < -0.39 is 10.0 Å². The van der Waals surface area contributed by atoms with Gasteiger partial charge in [-0.15, -0.1) is 22.7 Å². The number of hydrogen-bond donors (Lipinski definition) is 1. The first-order chi connectivity index (χ1) is 11.7. The fraction of sp³-hybridized carbons (Fsp3) is 0.235. The summed E-state index contributed by atoms with van der Waals surface area (Å²) in [6.45, 7) is 7.61. The topological polar surface area (TPSA) is 59.1 Å². The van der Waals surface area contributed by atoms with Gasteiger partial charge in [-0.2, -0.15) is 0 Å². The van der Waals surface area contributed by atoms with Gasteiger partial charge in [-0.3, -0.25) is 4.72 Å². The van der Waals surface area contributed by atoms with Crippen molar-refractivity contribution in [2.45, 2.75) is 32.6 Å². The van der Waals surface area contributed by atoms with Crippen LogP contribution in [0.15, 0.2) is 29.2 Å². The van der Waals surface area contributed by atoms with Gasteiger partial charge in [0.05, 0.1) is 16.3 Å². The van der Waals surface area contributed by atoms with Crippen molar-refractivity contribution in [3.05, 3.63) is 50.3 Å². The number of anilines is 1. The largest absolute Gasteiger partial charge is 0.279 e. The maximum absolute atomic E-state index is 12.8. The molecule has 132 valence electrons. The van der Waals surface area contributed by atoms with Crippen molar-refractivity contribution in [1.29, 1.82) is 0 Å². The predicted molar refractivity (Wildman–Crippen MR) is 107 cm³/mol. The maximum atomic E-state index is 12.8. The van der Waals surface area contributed by atoms with E-state index in [1.807, 2.05) is 20.8 Å². The third-order valence-corrected chi connectivity index (χ3v) is 7.99. The highest BCUT2D eigenvalue weighted by Gasteiger charge is 2.22. The van der Waals surface area contributed by atoms with Crippen LogP contribution in [0, 0.1) is 27.7 Å². The van der Waals surface area contributed by atoms with E-state index in [-0.39, 0.29) is 4.90 Å². The van der Waals surface area contributed by atoms with E-state index in [1.54, 1.807) is 42.5 Å². The molecule has 0 radical (unpaired) electrons. The number of thiophene rings is 1. The molecule has 2 aromatic heterocycles. The van der Waals surface area contributed by atoms with Gasteiger partial charge < -0.3 is 0 Å². The molecule has 0 aliphatic heterocycles. The van der Waals surface area contributed by atoms with E-state index in [0.29, 0.717) is 10.7 Å². The Hall–Kier alpha value is -1.41. The van der Waals surface area contributed by atoms with Gasteiger partial charge in [0, 0.05) is 14.8 Å². The summed E-state index contributed by atoms with van der Waals surface area (Å²) in [5.41, 5.74) is 2.27. The van der Waals surface area contributed by atoms with E-state index in [0.717, 1.165) is 30.9 Å². The third-order valence-electron chi connectivity index (χ3n) is 3.84. The number of benzene rings is 1. The van der Waals surface area contributed by atoms with E-state index in [1.165, 1.54) is 11.3 Å². The Bertz CT molecular complexity index is 1030. The van der Waals surface area contributed by atoms with Crippen molar-refractivity contribution >= 4 is 50.0 Å². The molecule has 4 nitrogen and oxygen atoms in total. The number of aryl methyl sites for hydroxylation is 4. The van der Waals surface area contributed by atoms with Crippen LogP contribution in [0.3, 0.4) is 0 Å². The minimum atomic E-state index is -3.70. The molecule has 25 heavy (non-hydrogen) atoms. The van der Waals surface area contributed by atoms with Crippen LogP contribution in [0.2, 0.25) is 5.02 Å². The summed E-state index contributed by atoms with van der Waals surface area (Å²) in [7, 11) is -3.70. The molecule has 0 amide bonds. The second-order valence-electron chi connectivity index (χ2n) is 5.76. The number of nitrogens with zero attached hydrogens (tertiary/aromatic N) is 1. The smallest absolute Gasteiger partial charge is 0.263 e.